The number of likely N-dealkylation sites (tertiary alicyclic amines) is 1. The third kappa shape index (κ3) is 6.29. The summed E-state index contributed by atoms with van der Waals surface area (Å²) in [5.74, 6) is 2.58. The van der Waals surface area contributed by atoms with Gasteiger partial charge in [0, 0.05) is 63.2 Å². The summed E-state index contributed by atoms with van der Waals surface area (Å²) in [5, 5.41) is 11.3. The van der Waals surface area contributed by atoms with E-state index in [1.807, 2.05) is 16.6 Å². The summed E-state index contributed by atoms with van der Waals surface area (Å²) >= 11 is 3.62. The molecule has 228 valence electrons. The van der Waals surface area contributed by atoms with Gasteiger partial charge in [0.15, 0.2) is 5.65 Å². The molecule has 0 amide bonds. The van der Waals surface area contributed by atoms with Gasteiger partial charge in [0.05, 0.1) is 35.0 Å². The summed E-state index contributed by atoms with van der Waals surface area (Å²) in [4.78, 5) is 18.8. The van der Waals surface area contributed by atoms with Crippen LogP contribution in [0.5, 0.6) is 5.75 Å². The van der Waals surface area contributed by atoms with Gasteiger partial charge in [-0.1, -0.05) is 7.92 Å². The van der Waals surface area contributed by atoms with Crippen molar-refractivity contribution < 1.29 is 9.47 Å². The molecule has 43 heavy (non-hydrogen) atoms. The molecule has 2 aliphatic rings. The van der Waals surface area contributed by atoms with Gasteiger partial charge in [-0.05, 0) is 72.8 Å². The third-order valence-corrected chi connectivity index (χ3v) is 10.2. The Morgan fingerprint density at radius 1 is 1.05 bits per heavy atom. The first-order chi connectivity index (χ1) is 20.8. The fourth-order valence-corrected chi connectivity index (χ4v) is 7.61. The van der Waals surface area contributed by atoms with E-state index in [0.29, 0.717) is 23.7 Å². The van der Waals surface area contributed by atoms with E-state index in [2.05, 4.69) is 83.8 Å². The van der Waals surface area contributed by atoms with Gasteiger partial charge in [0.2, 0.25) is 5.95 Å². The number of benzene rings is 1. The molecule has 0 bridgehead atoms. The number of anilines is 5. The van der Waals surface area contributed by atoms with Crippen LogP contribution in [0.4, 0.5) is 28.8 Å². The Bertz CT molecular complexity index is 1590. The number of methoxy groups -OCH3 is 2. The Kier molecular flexibility index (Phi) is 9.00. The van der Waals surface area contributed by atoms with Crippen LogP contribution < -0.4 is 25.7 Å². The van der Waals surface area contributed by atoms with Gasteiger partial charge >= 0.3 is 0 Å². The maximum Gasteiger partial charge on any atom is 0.229 e. The fraction of sp³-hybridized carbons (Fsp3) is 0.467. The number of fused-ring (bicyclic) bond motifs is 1. The predicted octanol–water partition coefficient (Wildman–Crippen LogP) is 5.00. The highest BCUT2D eigenvalue weighted by Gasteiger charge is 2.34. The molecule has 3 aromatic heterocycles. The van der Waals surface area contributed by atoms with E-state index in [9.17, 15) is 0 Å². The van der Waals surface area contributed by atoms with Crippen molar-refractivity contribution in [3.63, 3.8) is 0 Å². The maximum atomic E-state index is 5.85. The zero-order chi connectivity index (χ0) is 30.1. The maximum absolute atomic E-state index is 5.85. The normalized spacial score (nSPS) is 16.6. The molecule has 0 saturated carbocycles. The number of piperidine rings is 1. The lowest BCUT2D eigenvalue weighted by molar-refractivity contribution is -0.000666. The van der Waals surface area contributed by atoms with Crippen LogP contribution >= 0.6 is 23.9 Å². The molecule has 1 aromatic carbocycles. The van der Waals surface area contributed by atoms with Gasteiger partial charge < -0.3 is 25.0 Å². The number of rotatable bonds is 10. The van der Waals surface area contributed by atoms with Crippen molar-refractivity contribution in [3.8, 4) is 5.75 Å². The number of nitrogens with zero attached hydrogens (tertiary/aromatic N) is 7. The van der Waals surface area contributed by atoms with Gasteiger partial charge in [0.1, 0.15) is 17.9 Å². The van der Waals surface area contributed by atoms with E-state index in [1.165, 1.54) is 24.1 Å². The summed E-state index contributed by atoms with van der Waals surface area (Å²) in [6, 6.07) is 8.91. The molecule has 2 aliphatic heterocycles. The van der Waals surface area contributed by atoms with E-state index in [4.69, 9.17) is 14.5 Å². The number of hydrogen-bond acceptors (Lipinski definition) is 10. The van der Waals surface area contributed by atoms with Crippen LogP contribution in [0.15, 0.2) is 41.3 Å². The average molecular weight is 669 g/mol. The molecule has 2 saturated heterocycles. The molecule has 0 spiro atoms. The number of halogens is 1. The van der Waals surface area contributed by atoms with Crippen molar-refractivity contribution >= 4 is 63.8 Å². The quantitative estimate of drug-likeness (QED) is 0.225. The van der Waals surface area contributed by atoms with Crippen LogP contribution in [0.3, 0.4) is 0 Å². The summed E-state index contributed by atoms with van der Waals surface area (Å²) in [6.07, 6.45) is 5.68. The van der Waals surface area contributed by atoms with Crippen LogP contribution in [0.25, 0.3) is 5.65 Å². The number of nitrogens with one attached hydrogen (secondary N) is 2. The van der Waals surface area contributed by atoms with E-state index in [1.54, 1.807) is 26.7 Å². The van der Waals surface area contributed by atoms with Gasteiger partial charge in [-0.25, -0.2) is 14.5 Å². The van der Waals surface area contributed by atoms with Gasteiger partial charge in [-0.3, -0.25) is 4.90 Å². The molecule has 4 aromatic rings. The molecule has 0 unspecified atom stereocenters. The van der Waals surface area contributed by atoms with Crippen molar-refractivity contribution in [2.24, 2.45) is 5.92 Å². The lowest BCUT2D eigenvalue weighted by atomic mass is 9.93. The zero-order valence-corrected chi connectivity index (χ0v) is 27.8. The average Bonchev–Trinajstić information content (AvgIpc) is 3.45. The molecule has 2 N–H and O–H groups in total. The summed E-state index contributed by atoms with van der Waals surface area (Å²) in [6.45, 7) is 11.8. The lowest BCUT2D eigenvalue weighted by Crippen LogP contribution is -2.56. The molecule has 0 radical (unpaired) electrons. The second-order valence-electron chi connectivity index (χ2n) is 11.5. The first kappa shape index (κ1) is 30.0. The van der Waals surface area contributed by atoms with E-state index in [0.717, 1.165) is 65.5 Å². The van der Waals surface area contributed by atoms with Gasteiger partial charge in [-0.2, -0.15) is 10.1 Å². The van der Waals surface area contributed by atoms with Crippen molar-refractivity contribution in [2.45, 2.75) is 25.8 Å². The molecule has 11 nitrogen and oxygen atoms in total. The number of ether oxygens (including phenoxy) is 2. The Balaban J connectivity index is 1.17. The number of hydrogen-bond donors (Lipinski definition) is 2. The zero-order valence-electron chi connectivity index (χ0n) is 25.3. The summed E-state index contributed by atoms with van der Waals surface area (Å²) in [7, 11) is 3.03. The number of aromatic nitrogens is 5. The molecule has 13 heteroatoms. The van der Waals surface area contributed by atoms with Crippen molar-refractivity contribution in [1.82, 2.24) is 29.5 Å². The monoisotopic (exact) mass is 667 g/mol. The van der Waals surface area contributed by atoms with Crippen molar-refractivity contribution in [1.29, 1.82) is 0 Å². The van der Waals surface area contributed by atoms with Crippen molar-refractivity contribution in [3.05, 3.63) is 46.8 Å². The highest BCUT2D eigenvalue weighted by molar-refractivity contribution is 9.10. The van der Waals surface area contributed by atoms with Crippen LogP contribution in [-0.2, 0) is 4.74 Å². The Labute approximate surface area is 262 Å². The minimum Gasteiger partial charge on any atom is -0.494 e. The third-order valence-electron chi connectivity index (χ3n) is 8.31. The largest absolute Gasteiger partial charge is 0.494 e. The van der Waals surface area contributed by atoms with Crippen LogP contribution in [0.1, 0.15) is 18.4 Å². The first-order valence-electron chi connectivity index (χ1n) is 14.6. The second-order valence-corrected chi connectivity index (χ2v) is 14.5. The van der Waals surface area contributed by atoms with E-state index in [-0.39, 0.29) is 0 Å². The molecule has 0 aliphatic carbocycles. The molecule has 2 fully saturated rings. The summed E-state index contributed by atoms with van der Waals surface area (Å²) in [5.41, 5.74) is 6.07. The fourth-order valence-electron chi connectivity index (χ4n) is 6.17. The Morgan fingerprint density at radius 2 is 1.84 bits per heavy atom. The number of pyridine rings is 1. The van der Waals surface area contributed by atoms with Crippen LogP contribution in [0, 0.1) is 12.8 Å². The molecular weight excluding hydrogens is 629 g/mol. The Morgan fingerprint density at radius 3 is 2.56 bits per heavy atom. The second kappa shape index (κ2) is 12.9. The van der Waals surface area contributed by atoms with E-state index >= 15 is 0 Å². The minimum absolute atomic E-state index is 0.469. The molecule has 6 rings (SSSR count). The van der Waals surface area contributed by atoms with Gasteiger partial charge in [-0.15, -0.1) is 0 Å². The smallest absolute Gasteiger partial charge is 0.229 e. The molecule has 5 heterocycles. The number of aryl methyl sites for hydroxylation is 1. The topological polar surface area (TPSA) is 105 Å². The Hall–Kier alpha value is -3.05. The van der Waals surface area contributed by atoms with Crippen LogP contribution in [-0.4, -0.2) is 95.8 Å². The minimum atomic E-state index is -0.474. The van der Waals surface area contributed by atoms with Crippen molar-refractivity contribution in [2.75, 3.05) is 75.9 Å². The first-order valence-corrected chi connectivity index (χ1v) is 17.6. The van der Waals surface area contributed by atoms with Gasteiger partial charge in [0.25, 0.3) is 0 Å². The molecular formula is C30H39BrN9O2P. The lowest BCUT2D eigenvalue weighted by Gasteiger charge is -2.47. The SMILES string of the molecule is COCC1CN(C2CCN(c3cc(OC)c(Nc4ncc(Br)c(Nc5ccc6ncnn6c5P(C)C)n4)cc3C)CC2)C1. The highest BCUT2D eigenvalue weighted by atomic mass is 79.9. The predicted molar refractivity (Wildman–Crippen MR) is 178 cm³/mol. The highest BCUT2D eigenvalue weighted by Crippen LogP contribution is 2.37. The molecule has 0 atom stereocenters. The van der Waals surface area contributed by atoms with E-state index < -0.39 is 7.92 Å². The van der Waals surface area contributed by atoms with Crippen LogP contribution in [0.2, 0.25) is 0 Å². The standard InChI is InChI=1S/C30H39BrN9O2P/c1-19-12-24(26(42-3)13-25(19)38-10-8-21(9-11-38)39-15-20(16-39)17-41-2)36-30-32-14-22(31)28(37-30)35-23-6-7-27-33-18-34-40(27)29(23)43(4)5/h6-7,12-14,18,20-21H,8-11,15-17H2,1-5H3,(H2,32,35,36,37). The summed E-state index contributed by atoms with van der Waals surface area (Å²) < 4.78 is 13.8.